The van der Waals surface area contributed by atoms with Crippen LogP contribution < -0.4 is 10.1 Å². The molecule has 1 fully saturated rings. The lowest BCUT2D eigenvalue weighted by molar-refractivity contribution is -0.143. The number of hydrogen-bond acceptors (Lipinski definition) is 3. The van der Waals surface area contributed by atoms with Crippen molar-refractivity contribution in [3.05, 3.63) is 63.6 Å². The van der Waals surface area contributed by atoms with E-state index in [0.717, 1.165) is 35.7 Å². The first-order chi connectivity index (χ1) is 15.5. The van der Waals surface area contributed by atoms with Crippen LogP contribution in [-0.2, 0) is 16.1 Å². The summed E-state index contributed by atoms with van der Waals surface area (Å²) in [4.78, 5) is 28.1. The van der Waals surface area contributed by atoms with Crippen LogP contribution in [0.3, 0.4) is 0 Å². The summed E-state index contributed by atoms with van der Waals surface area (Å²) in [5.41, 5.74) is 0.964. The van der Waals surface area contributed by atoms with Crippen molar-refractivity contribution in [2.24, 2.45) is 0 Å². The summed E-state index contributed by atoms with van der Waals surface area (Å²) in [6, 6.07) is 14.6. The Hall–Kier alpha value is -2.05. The van der Waals surface area contributed by atoms with Crippen LogP contribution in [0.5, 0.6) is 5.75 Å². The molecule has 3 rings (SSSR count). The molecule has 0 unspecified atom stereocenters. The monoisotopic (exact) mass is 520 g/mol. The molecule has 1 aliphatic rings. The molecule has 1 N–H and O–H groups in total. The lowest BCUT2D eigenvalue weighted by Crippen LogP contribution is -2.52. The van der Waals surface area contributed by atoms with Crippen LogP contribution in [0.2, 0.25) is 5.02 Å². The number of hydrogen-bond donors (Lipinski definition) is 1. The lowest BCUT2D eigenvalue weighted by atomic mass is 9.95. The molecule has 0 aliphatic heterocycles. The van der Waals surface area contributed by atoms with Gasteiger partial charge in [-0.15, -0.1) is 0 Å². The van der Waals surface area contributed by atoms with E-state index in [1.807, 2.05) is 37.3 Å². The number of nitrogens with one attached hydrogen (secondary N) is 1. The van der Waals surface area contributed by atoms with Crippen molar-refractivity contribution in [1.82, 2.24) is 10.2 Å². The highest BCUT2D eigenvalue weighted by Crippen LogP contribution is 2.28. The van der Waals surface area contributed by atoms with Gasteiger partial charge in [0.05, 0.1) is 5.02 Å². The molecular formula is C25H30BrClN2O3. The molecule has 1 aliphatic carbocycles. The second-order valence-electron chi connectivity index (χ2n) is 8.14. The summed E-state index contributed by atoms with van der Waals surface area (Å²) in [6.07, 6.45) is 6.01. The Labute approximate surface area is 203 Å². The number of amides is 2. The van der Waals surface area contributed by atoms with Crippen molar-refractivity contribution in [3.8, 4) is 5.75 Å². The molecule has 0 radical (unpaired) electrons. The standard InChI is InChI=1S/C25H30BrClN2O3/c1-2-22(25(31)28-20-11-7-4-8-12-20)29(16-18-9-5-3-6-10-18)24(30)17-32-23-14-13-19(26)15-21(23)27/h3,5-6,9-10,13-15,20,22H,2,4,7-8,11-12,16-17H2,1H3,(H,28,31)/t22-/m1/s1. The second-order valence-corrected chi connectivity index (χ2v) is 9.46. The fourth-order valence-corrected chi connectivity index (χ4v) is 4.79. The number of benzene rings is 2. The van der Waals surface area contributed by atoms with Gasteiger partial charge in [0.15, 0.2) is 6.61 Å². The van der Waals surface area contributed by atoms with E-state index in [2.05, 4.69) is 21.2 Å². The van der Waals surface area contributed by atoms with E-state index in [0.29, 0.717) is 23.7 Å². The van der Waals surface area contributed by atoms with E-state index in [-0.39, 0.29) is 24.5 Å². The first-order valence-electron chi connectivity index (χ1n) is 11.2. The fraction of sp³-hybridized carbons (Fsp3) is 0.440. The van der Waals surface area contributed by atoms with E-state index < -0.39 is 6.04 Å². The van der Waals surface area contributed by atoms with Crippen molar-refractivity contribution in [2.45, 2.75) is 64.1 Å². The summed E-state index contributed by atoms with van der Waals surface area (Å²) in [5, 5.41) is 3.60. The van der Waals surface area contributed by atoms with Gasteiger partial charge in [0.1, 0.15) is 11.8 Å². The van der Waals surface area contributed by atoms with Gasteiger partial charge in [0.2, 0.25) is 5.91 Å². The van der Waals surface area contributed by atoms with E-state index in [4.69, 9.17) is 16.3 Å². The van der Waals surface area contributed by atoms with Crippen LogP contribution in [0.25, 0.3) is 0 Å². The van der Waals surface area contributed by atoms with Crippen molar-refractivity contribution < 1.29 is 14.3 Å². The molecule has 2 aromatic carbocycles. The molecule has 7 heteroatoms. The smallest absolute Gasteiger partial charge is 0.261 e. The summed E-state index contributed by atoms with van der Waals surface area (Å²) < 4.78 is 6.55. The average molecular weight is 522 g/mol. The van der Waals surface area contributed by atoms with Gasteiger partial charge in [-0.05, 0) is 43.0 Å². The van der Waals surface area contributed by atoms with Gasteiger partial charge in [-0.2, -0.15) is 0 Å². The number of ether oxygens (including phenoxy) is 1. The van der Waals surface area contributed by atoms with Crippen LogP contribution in [0.1, 0.15) is 51.0 Å². The van der Waals surface area contributed by atoms with E-state index in [1.165, 1.54) is 6.42 Å². The molecule has 0 saturated heterocycles. The molecule has 0 aromatic heterocycles. The predicted molar refractivity (Wildman–Crippen MR) is 131 cm³/mol. The zero-order chi connectivity index (χ0) is 22.9. The molecule has 2 amide bonds. The average Bonchev–Trinajstić information content (AvgIpc) is 2.79. The molecule has 0 bridgehead atoms. The predicted octanol–water partition coefficient (Wildman–Crippen LogP) is 5.74. The summed E-state index contributed by atoms with van der Waals surface area (Å²) in [7, 11) is 0. The van der Waals surface area contributed by atoms with Gasteiger partial charge in [0, 0.05) is 17.1 Å². The topological polar surface area (TPSA) is 58.6 Å². The Morgan fingerprint density at radius 3 is 2.53 bits per heavy atom. The number of carbonyl (C=O) groups excluding carboxylic acids is 2. The van der Waals surface area contributed by atoms with Crippen LogP contribution in [0.4, 0.5) is 0 Å². The van der Waals surface area contributed by atoms with Gasteiger partial charge in [0.25, 0.3) is 5.91 Å². The maximum absolute atomic E-state index is 13.3. The van der Waals surface area contributed by atoms with E-state index in [9.17, 15) is 9.59 Å². The van der Waals surface area contributed by atoms with Gasteiger partial charge >= 0.3 is 0 Å². The molecule has 0 heterocycles. The Balaban J connectivity index is 1.74. The number of nitrogens with zero attached hydrogens (tertiary/aromatic N) is 1. The quantitative estimate of drug-likeness (QED) is 0.458. The third-order valence-corrected chi connectivity index (χ3v) is 6.57. The summed E-state index contributed by atoms with van der Waals surface area (Å²) in [5.74, 6) is 0.0893. The lowest BCUT2D eigenvalue weighted by Gasteiger charge is -2.32. The molecule has 2 aromatic rings. The minimum absolute atomic E-state index is 0.0923. The SMILES string of the molecule is CC[C@H](C(=O)NC1CCCCC1)N(Cc1ccccc1)C(=O)COc1ccc(Br)cc1Cl. The fourth-order valence-electron chi connectivity index (χ4n) is 4.06. The van der Waals surface area contributed by atoms with Gasteiger partial charge in [-0.1, -0.05) is 84.0 Å². The Morgan fingerprint density at radius 1 is 1.16 bits per heavy atom. The molecule has 1 atom stereocenters. The van der Waals surface area contributed by atoms with Crippen LogP contribution in [0.15, 0.2) is 53.0 Å². The minimum Gasteiger partial charge on any atom is -0.482 e. The van der Waals surface area contributed by atoms with Crippen LogP contribution in [-0.4, -0.2) is 35.4 Å². The zero-order valence-corrected chi connectivity index (χ0v) is 20.7. The summed E-state index contributed by atoms with van der Waals surface area (Å²) >= 11 is 9.59. The molecular weight excluding hydrogens is 492 g/mol. The normalized spacial score (nSPS) is 15.1. The molecule has 32 heavy (non-hydrogen) atoms. The highest BCUT2D eigenvalue weighted by molar-refractivity contribution is 9.10. The van der Waals surface area contributed by atoms with Crippen LogP contribution >= 0.6 is 27.5 Å². The molecule has 5 nitrogen and oxygen atoms in total. The first-order valence-corrected chi connectivity index (χ1v) is 12.4. The third kappa shape index (κ3) is 6.97. The molecule has 172 valence electrons. The highest BCUT2D eigenvalue weighted by atomic mass is 79.9. The van der Waals surface area contributed by atoms with Crippen molar-refractivity contribution in [1.29, 1.82) is 0 Å². The highest BCUT2D eigenvalue weighted by Gasteiger charge is 2.30. The summed E-state index contributed by atoms with van der Waals surface area (Å²) in [6.45, 7) is 2.08. The van der Waals surface area contributed by atoms with Gasteiger partial charge < -0.3 is 15.0 Å². The maximum atomic E-state index is 13.3. The van der Waals surface area contributed by atoms with Crippen LogP contribution in [0, 0.1) is 0 Å². The molecule has 1 saturated carbocycles. The van der Waals surface area contributed by atoms with Gasteiger partial charge in [-0.3, -0.25) is 9.59 Å². The largest absolute Gasteiger partial charge is 0.482 e. The number of halogens is 2. The van der Waals surface area contributed by atoms with E-state index in [1.54, 1.807) is 23.1 Å². The maximum Gasteiger partial charge on any atom is 0.261 e. The Kier molecular flexibility index (Phi) is 9.42. The minimum atomic E-state index is -0.561. The number of rotatable bonds is 9. The second kappa shape index (κ2) is 12.3. The zero-order valence-electron chi connectivity index (χ0n) is 18.4. The van der Waals surface area contributed by atoms with E-state index >= 15 is 0 Å². The Bertz CT molecular complexity index is 903. The molecule has 0 spiro atoms. The Morgan fingerprint density at radius 2 is 1.88 bits per heavy atom. The van der Waals surface area contributed by atoms with Crippen molar-refractivity contribution in [2.75, 3.05) is 6.61 Å². The van der Waals surface area contributed by atoms with Crippen molar-refractivity contribution >= 4 is 39.3 Å². The van der Waals surface area contributed by atoms with Gasteiger partial charge in [-0.25, -0.2) is 0 Å². The van der Waals surface area contributed by atoms with Crippen molar-refractivity contribution in [3.63, 3.8) is 0 Å². The first kappa shape index (κ1) is 24.6. The number of carbonyl (C=O) groups is 2. The third-order valence-electron chi connectivity index (χ3n) is 5.78.